The molecule has 1 aliphatic heterocycles. The summed E-state index contributed by atoms with van der Waals surface area (Å²) in [5.41, 5.74) is 1.81. The second-order valence-corrected chi connectivity index (χ2v) is 4.95. The van der Waals surface area contributed by atoms with Gasteiger partial charge in [0.15, 0.2) is 0 Å². The van der Waals surface area contributed by atoms with E-state index in [1.165, 1.54) is 18.2 Å². The average Bonchev–Trinajstić information content (AvgIpc) is 2.76. The molecule has 0 aromatic heterocycles. The van der Waals surface area contributed by atoms with Crippen LogP contribution in [0.4, 0.5) is 14.5 Å². The highest BCUT2D eigenvalue weighted by Gasteiger charge is 2.30. The molecule has 108 valence electrons. The Hall–Kier alpha value is -2.27. The first kappa shape index (κ1) is 13.7. The molecule has 3 rings (SSSR count). The molecule has 1 aliphatic rings. The molecule has 2 N–H and O–H groups in total. The first-order valence-electron chi connectivity index (χ1n) is 6.72. The van der Waals surface area contributed by atoms with E-state index >= 15 is 0 Å². The molecular formula is C16H14F2N2O. The molecule has 0 spiro atoms. The van der Waals surface area contributed by atoms with Gasteiger partial charge in [-0.1, -0.05) is 24.3 Å². The molecule has 1 unspecified atom stereocenters. The first-order valence-corrected chi connectivity index (χ1v) is 6.72. The van der Waals surface area contributed by atoms with Crippen LogP contribution in [0.15, 0.2) is 42.5 Å². The molecule has 0 fully saturated rings. The predicted octanol–water partition coefficient (Wildman–Crippen LogP) is 2.79. The number of benzene rings is 2. The summed E-state index contributed by atoms with van der Waals surface area (Å²) in [5, 5.41) is 5.71. The van der Waals surface area contributed by atoms with Crippen LogP contribution in [0, 0.1) is 11.6 Å². The van der Waals surface area contributed by atoms with Gasteiger partial charge in [0.2, 0.25) is 5.91 Å². The number of fused-ring (bicyclic) bond motifs is 1. The second kappa shape index (κ2) is 5.61. The molecule has 0 saturated heterocycles. The summed E-state index contributed by atoms with van der Waals surface area (Å²) in [6, 6.07) is 10.2. The summed E-state index contributed by atoms with van der Waals surface area (Å²) in [5.74, 6) is -0.858. The minimum absolute atomic E-state index is 0.218. The number of hydrogen-bond acceptors (Lipinski definition) is 2. The number of anilines is 1. The maximum absolute atomic E-state index is 13.5. The van der Waals surface area contributed by atoms with Crippen LogP contribution in [-0.4, -0.2) is 12.5 Å². The highest BCUT2D eigenvalue weighted by molar-refractivity contribution is 6.02. The molecule has 0 radical (unpaired) electrons. The molecule has 0 aliphatic carbocycles. The Morgan fingerprint density at radius 2 is 1.95 bits per heavy atom. The lowest BCUT2D eigenvalue weighted by atomic mass is 10.1. The van der Waals surface area contributed by atoms with Crippen molar-refractivity contribution in [2.75, 3.05) is 11.9 Å². The fraction of sp³-hybridized carbons (Fsp3) is 0.188. The van der Waals surface area contributed by atoms with Gasteiger partial charge in [-0.3, -0.25) is 4.79 Å². The lowest BCUT2D eigenvalue weighted by Gasteiger charge is -2.11. The third-order valence-electron chi connectivity index (χ3n) is 3.55. The molecule has 0 bridgehead atoms. The lowest BCUT2D eigenvalue weighted by molar-refractivity contribution is -0.117. The number of halogens is 2. The summed E-state index contributed by atoms with van der Waals surface area (Å²) >= 11 is 0. The van der Waals surface area contributed by atoms with Crippen LogP contribution in [0.2, 0.25) is 0 Å². The number of amides is 1. The zero-order valence-electron chi connectivity index (χ0n) is 11.2. The standard InChI is InChI=1S/C16H14F2N2O/c17-11-5-6-12-14(9-11)20-16(21)15(12)19-8-7-10-3-1-2-4-13(10)18/h1-6,9,15,19H,7-8H2,(H,20,21). The van der Waals surface area contributed by atoms with E-state index in [-0.39, 0.29) is 17.5 Å². The summed E-state index contributed by atoms with van der Waals surface area (Å²) in [6.45, 7) is 0.454. The van der Waals surface area contributed by atoms with Crippen LogP contribution in [-0.2, 0) is 11.2 Å². The SMILES string of the molecule is O=C1Nc2cc(F)ccc2C1NCCc1ccccc1F. The van der Waals surface area contributed by atoms with Gasteiger partial charge in [0.1, 0.15) is 17.7 Å². The topological polar surface area (TPSA) is 41.1 Å². The van der Waals surface area contributed by atoms with Gasteiger partial charge < -0.3 is 10.6 Å². The summed E-state index contributed by atoms with van der Waals surface area (Å²) < 4.78 is 26.6. The minimum atomic E-state index is -0.521. The van der Waals surface area contributed by atoms with Gasteiger partial charge in [-0.05, 0) is 30.2 Å². The van der Waals surface area contributed by atoms with E-state index in [1.54, 1.807) is 24.3 Å². The maximum atomic E-state index is 13.5. The van der Waals surface area contributed by atoms with Crippen molar-refractivity contribution in [3.05, 3.63) is 65.2 Å². The van der Waals surface area contributed by atoms with Crippen LogP contribution >= 0.6 is 0 Å². The van der Waals surface area contributed by atoms with Gasteiger partial charge in [-0.15, -0.1) is 0 Å². The number of nitrogens with one attached hydrogen (secondary N) is 2. The molecule has 3 nitrogen and oxygen atoms in total. The van der Waals surface area contributed by atoms with E-state index in [2.05, 4.69) is 10.6 Å². The van der Waals surface area contributed by atoms with Crippen molar-refractivity contribution in [3.8, 4) is 0 Å². The van der Waals surface area contributed by atoms with Crippen molar-refractivity contribution < 1.29 is 13.6 Å². The fourth-order valence-corrected chi connectivity index (χ4v) is 2.49. The van der Waals surface area contributed by atoms with Crippen molar-refractivity contribution in [2.24, 2.45) is 0 Å². The largest absolute Gasteiger partial charge is 0.324 e. The van der Waals surface area contributed by atoms with Crippen molar-refractivity contribution in [1.82, 2.24) is 5.32 Å². The van der Waals surface area contributed by atoms with Gasteiger partial charge in [-0.2, -0.15) is 0 Å². The van der Waals surface area contributed by atoms with Crippen molar-refractivity contribution in [1.29, 1.82) is 0 Å². The Morgan fingerprint density at radius 1 is 1.14 bits per heavy atom. The molecule has 2 aromatic rings. The molecule has 1 amide bonds. The highest BCUT2D eigenvalue weighted by atomic mass is 19.1. The smallest absolute Gasteiger partial charge is 0.246 e. The highest BCUT2D eigenvalue weighted by Crippen LogP contribution is 2.31. The van der Waals surface area contributed by atoms with Crippen molar-refractivity contribution >= 4 is 11.6 Å². The second-order valence-electron chi connectivity index (χ2n) is 4.95. The Balaban J connectivity index is 1.67. The average molecular weight is 288 g/mol. The Kier molecular flexibility index (Phi) is 3.66. The minimum Gasteiger partial charge on any atom is -0.324 e. The molecule has 2 aromatic carbocycles. The van der Waals surface area contributed by atoms with E-state index < -0.39 is 6.04 Å². The van der Waals surface area contributed by atoms with Gasteiger partial charge >= 0.3 is 0 Å². The Bertz CT molecular complexity index is 688. The Labute approximate surface area is 121 Å². The summed E-state index contributed by atoms with van der Waals surface area (Å²) in [7, 11) is 0. The number of carbonyl (C=O) groups is 1. The van der Waals surface area contributed by atoms with Gasteiger partial charge in [0, 0.05) is 17.8 Å². The van der Waals surface area contributed by atoms with Crippen molar-refractivity contribution in [3.63, 3.8) is 0 Å². The summed E-state index contributed by atoms with van der Waals surface area (Å²) in [4.78, 5) is 11.9. The third kappa shape index (κ3) is 2.78. The maximum Gasteiger partial charge on any atom is 0.246 e. The van der Waals surface area contributed by atoms with Crippen LogP contribution < -0.4 is 10.6 Å². The van der Waals surface area contributed by atoms with Gasteiger partial charge in [-0.25, -0.2) is 8.78 Å². The third-order valence-corrected chi connectivity index (χ3v) is 3.55. The Morgan fingerprint density at radius 3 is 2.76 bits per heavy atom. The lowest BCUT2D eigenvalue weighted by Crippen LogP contribution is -2.29. The zero-order chi connectivity index (χ0) is 14.8. The monoisotopic (exact) mass is 288 g/mol. The predicted molar refractivity (Wildman–Crippen MR) is 75.9 cm³/mol. The molecular weight excluding hydrogens is 274 g/mol. The fourth-order valence-electron chi connectivity index (χ4n) is 2.49. The van der Waals surface area contributed by atoms with E-state index in [4.69, 9.17) is 0 Å². The molecule has 1 atom stereocenters. The van der Waals surface area contributed by atoms with E-state index in [0.717, 1.165) is 5.56 Å². The quantitative estimate of drug-likeness (QED) is 0.908. The van der Waals surface area contributed by atoms with Crippen molar-refractivity contribution in [2.45, 2.75) is 12.5 Å². The van der Waals surface area contributed by atoms with Crippen LogP contribution in [0.1, 0.15) is 17.2 Å². The number of carbonyl (C=O) groups excluding carboxylic acids is 1. The van der Waals surface area contributed by atoms with E-state index in [0.29, 0.717) is 24.2 Å². The van der Waals surface area contributed by atoms with E-state index in [9.17, 15) is 13.6 Å². The normalized spacial score (nSPS) is 16.7. The van der Waals surface area contributed by atoms with Crippen LogP contribution in [0.5, 0.6) is 0 Å². The van der Waals surface area contributed by atoms with Crippen LogP contribution in [0.3, 0.4) is 0 Å². The molecule has 0 saturated carbocycles. The van der Waals surface area contributed by atoms with E-state index in [1.807, 2.05) is 0 Å². The van der Waals surface area contributed by atoms with Crippen LogP contribution in [0.25, 0.3) is 0 Å². The first-order chi connectivity index (χ1) is 10.1. The van der Waals surface area contributed by atoms with Gasteiger partial charge in [0.25, 0.3) is 0 Å². The number of hydrogen-bond donors (Lipinski definition) is 2. The molecule has 5 heteroatoms. The summed E-state index contributed by atoms with van der Waals surface area (Å²) in [6.07, 6.45) is 0.479. The molecule has 21 heavy (non-hydrogen) atoms. The number of rotatable bonds is 4. The van der Waals surface area contributed by atoms with Gasteiger partial charge in [0.05, 0.1) is 0 Å². The molecule has 1 heterocycles. The zero-order valence-corrected chi connectivity index (χ0v) is 11.2.